The van der Waals surface area contributed by atoms with Gasteiger partial charge in [-0.2, -0.15) is 5.26 Å². The summed E-state index contributed by atoms with van der Waals surface area (Å²) in [6, 6.07) is 11.0. The average Bonchev–Trinajstić information content (AvgIpc) is 3.78. The molecule has 184 valence electrons. The third-order valence-electron chi connectivity index (χ3n) is 6.94. The van der Waals surface area contributed by atoms with E-state index >= 15 is 4.39 Å². The molecule has 37 heavy (non-hydrogen) atoms. The maximum Gasteiger partial charge on any atom is 0.251 e. The fourth-order valence-corrected chi connectivity index (χ4v) is 4.60. The first kappa shape index (κ1) is 23.1. The molecule has 0 saturated heterocycles. The molecule has 4 heterocycles. The van der Waals surface area contributed by atoms with Gasteiger partial charge < -0.3 is 10.1 Å². The van der Waals surface area contributed by atoms with Gasteiger partial charge in [0.25, 0.3) is 5.91 Å². The second-order valence-corrected chi connectivity index (χ2v) is 9.75. The molecule has 0 unspecified atom stereocenters. The molecule has 1 saturated carbocycles. The first-order valence-electron chi connectivity index (χ1n) is 12.1. The van der Waals surface area contributed by atoms with Crippen molar-refractivity contribution in [2.75, 3.05) is 6.61 Å². The zero-order valence-corrected chi connectivity index (χ0v) is 20.2. The van der Waals surface area contributed by atoms with Crippen molar-refractivity contribution in [1.29, 1.82) is 5.26 Å². The number of benzene rings is 1. The van der Waals surface area contributed by atoms with Crippen LogP contribution in [0.15, 0.2) is 48.9 Å². The van der Waals surface area contributed by atoms with Gasteiger partial charge in [-0.3, -0.25) is 14.8 Å². The molecule has 8 nitrogen and oxygen atoms in total. The standard InChI is InChI=1S/C28H23FN6O2/c1-28(14-30)15-37-13-19-5-4-17(8-20(19)28)27(36)33-12-24-25(29)26-18(9-32-24)6-7-21(35-26)23-11-31-10-22(34-23)16-2-3-16/h4-11,16H,2-3,12-13,15H2,1H3,(H,33,36)/t28-/m1/s1. The third-order valence-corrected chi connectivity index (χ3v) is 6.94. The summed E-state index contributed by atoms with van der Waals surface area (Å²) in [5.74, 6) is -0.531. The lowest BCUT2D eigenvalue weighted by Gasteiger charge is -2.30. The quantitative estimate of drug-likeness (QED) is 0.439. The lowest BCUT2D eigenvalue weighted by Crippen LogP contribution is -2.33. The second-order valence-electron chi connectivity index (χ2n) is 9.75. The van der Waals surface area contributed by atoms with E-state index in [1.54, 1.807) is 55.8 Å². The number of carbonyl (C=O) groups excluding carboxylic acids is 1. The van der Waals surface area contributed by atoms with Gasteiger partial charge in [0, 0.05) is 29.3 Å². The number of nitrogens with zero attached hydrogens (tertiary/aromatic N) is 5. The number of amides is 1. The number of rotatable bonds is 5. The van der Waals surface area contributed by atoms with E-state index in [-0.39, 0.29) is 30.3 Å². The Hall–Kier alpha value is -4.29. The van der Waals surface area contributed by atoms with Crippen LogP contribution in [-0.4, -0.2) is 32.4 Å². The molecule has 9 heteroatoms. The predicted molar refractivity (Wildman–Crippen MR) is 133 cm³/mol. The number of carbonyl (C=O) groups is 1. The van der Waals surface area contributed by atoms with Crippen molar-refractivity contribution in [3.05, 3.63) is 82.8 Å². The molecule has 1 aliphatic carbocycles. The van der Waals surface area contributed by atoms with Crippen molar-refractivity contribution in [2.45, 2.75) is 44.2 Å². The minimum absolute atomic E-state index is 0.0801. The van der Waals surface area contributed by atoms with Gasteiger partial charge in [0.1, 0.15) is 16.6 Å². The minimum atomic E-state index is -0.832. The lowest BCUT2D eigenvalue weighted by atomic mass is 9.79. The predicted octanol–water partition coefficient (Wildman–Crippen LogP) is 4.34. The number of pyridine rings is 2. The molecule has 1 amide bonds. The summed E-state index contributed by atoms with van der Waals surface area (Å²) >= 11 is 0. The average molecular weight is 495 g/mol. The highest BCUT2D eigenvalue weighted by molar-refractivity contribution is 5.94. The Labute approximate surface area is 212 Å². The van der Waals surface area contributed by atoms with Gasteiger partial charge >= 0.3 is 0 Å². The normalized spacial score (nSPS) is 18.7. The SMILES string of the molecule is C[C@@]1(C#N)COCc2ccc(C(=O)NCc3ncc4ccc(-c5cncc(C6CC6)n5)nc4c3F)cc21. The molecule has 0 spiro atoms. The fourth-order valence-electron chi connectivity index (χ4n) is 4.60. The minimum Gasteiger partial charge on any atom is -0.375 e. The van der Waals surface area contributed by atoms with Crippen LogP contribution in [0.1, 0.15) is 58.6 Å². The van der Waals surface area contributed by atoms with Crippen LogP contribution in [-0.2, 0) is 23.3 Å². The Morgan fingerprint density at radius 2 is 2.05 bits per heavy atom. The van der Waals surface area contributed by atoms with Crippen molar-refractivity contribution < 1.29 is 13.9 Å². The van der Waals surface area contributed by atoms with Crippen molar-refractivity contribution >= 4 is 16.8 Å². The second kappa shape index (κ2) is 8.98. The number of aromatic nitrogens is 4. The highest BCUT2D eigenvalue weighted by atomic mass is 19.1. The van der Waals surface area contributed by atoms with Gasteiger partial charge in [-0.25, -0.2) is 14.4 Å². The first-order valence-corrected chi connectivity index (χ1v) is 12.1. The Morgan fingerprint density at radius 1 is 1.19 bits per heavy atom. The van der Waals surface area contributed by atoms with Gasteiger partial charge in [0.2, 0.25) is 0 Å². The number of nitrogens with one attached hydrogen (secondary N) is 1. The monoisotopic (exact) mass is 494 g/mol. The molecule has 1 aromatic carbocycles. The molecular weight excluding hydrogens is 471 g/mol. The molecule has 4 aromatic rings. The van der Waals surface area contributed by atoms with Gasteiger partial charge in [0.15, 0.2) is 5.82 Å². The summed E-state index contributed by atoms with van der Waals surface area (Å²) in [6.45, 7) is 2.33. The topological polar surface area (TPSA) is 114 Å². The van der Waals surface area contributed by atoms with Crippen LogP contribution < -0.4 is 5.32 Å². The van der Waals surface area contributed by atoms with Gasteiger partial charge in [-0.15, -0.1) is 0 Å². The number of ether oxygens (including phenoxy) is 1. The molecule has 1 aliphatic heterocycles. The molecule has 3 aromatic heterocycles. The molecule has 1 N–H and O–H groups in total. The van der Waals surface area contributed by atoms with Crippen molar-refractivity contribution in [3.8, 4) is 17.5 Å². The molecule has 2 aliphatic rings. The summed E-state index contributed by atoms with van der Waals surface area (Å²) < 4.78 is 21.0. The molecular formula is C28H23FN6O2. The number of hydrogen-bond donors (Lipinski definition) is 1. The van der Waals surface area contributed by atoms with E-state index in [4.69, 9.17) is 4.74 Å². The zero-order chi connectivity index (χ0) is 25.6. The smallest absolute Gasteiger partial charge is 0.251 e. The molecule has 0 bridgehead atoms. The summed E-state index contributed by atoms with van der Waals surface area (Å²) in [4.78, 5) is 30.6. The maximum absolute atomic E-state index is 15.4. The van der Waals surface area contributed by atoms with Crippen LogP contribution in [0, 0.1) is 17.1 Å². The van der Waals surface area contributed by atoms with Crippen LogP contribution in [0.3, 0.4) is 0 Å². The van der Waals surface area contributed by atoms with E-state index in [2.05, 4.69) is 31.3 Å². The summed E-state index contributed by atoms with van der Waals surface area (Å²) in [7, 11) is 0. The van der Waals surface area contributed by atoms with E-state index in [9.17, 15) is 10.1 Å². The van der Waals surface area contributed by atoms with Crippen LogP contribution in [0.4, 0.5) is 4.39 Å². The van der Waals surface area contributed by atoms with Gasteiger partial charge in [0.05, 0.1) is 49.1 Å². The van der Waals surface area contributed by atoms with Crippen LogP contribution >= 0.6 is 0 Å². The number of halogens is 1. The van der Waals surface area contributed by atoms with Crippen LogP contribution in [0.25, 0.3) is 22.3 Å². The zero-order valence-electron chi connectivity index (χ0n) is 20.2. The summed E-state index contributed by atoms with van der Waals surface area (Å²) in [5.41, 5.74) is 3.51. The van der Waals surface area contributed by atoms with E-state index in [0.29, 0.717) is 34.9 Å². The first-order chi connectivity index (χ1) is 17.9. The van der Waals surface area contributed by atoms with E-state index < -0.39 is 11.2 Å². The van der Waals surface area contributed by atoms with E-state index in [1.807, 2.05) is 0 Å². The van der Waals surface area contributed by atoms with Crippen molar-refractivity contribution in [3.63, 3.8) is 0 Å². The summed E-state index contributed by atoms with van der Waals surface area (Å²) in [5, 5.41) is 12.9. The van der Waals surface area contributed by atoms with Crippen LogP contribution in [0.2, 0.25) is 0 Å². The highest BCUT2D eigenvalue weighted by Gasteiger charge is 2.33. The Bertz CT molecular complexity index is 1600. The summed E-state index contributed by atoms with van der Waals surface area (Å²) in [6.07, 6.45) is 7.15. The van der Waals surface area contributed by atoms with Gasteiger partial charge in [-0.1, -0.05) is 6.07 Å². The molecule has 1 atom stereocenters. The Balaban J connectivity index is 1.24. The molecule has 1 fully saturated rings. The Kier molecular flexibility index (Phi) is 5.61. The fraction of sp³-hybridized carbons (Fsp3) is 0.286. The van der Waals surface area contributed by atoms with Crippen molar-refractivity contribution in [1.82, 2.24) is 25.3 Å². The maximum atomic E-state index is 15.4. The molecule has 0 radical (unpaired) electrons. The van der Waals surface area contributed by atoms with E-state index in [1.165, 1.54) is 0 Å². The third kappa shape index (κ3) is 4.30. The number of hydrogen-bond acceptors (Lipinski definition) is 7. The highest BCUT2D eigenvalue weighted by Crippen LogP contribution is 2.39. The lowest BCUT2D eigenvalue weighted by molar-refractivity contribution is 0.0757. The largest absolute Gasteiger partial charge is 0.375 e. The van der Waals surface area contributed by atoms with Crippen LogP contribution in [0.5, 0.6) is 0 Å². The van der Waals surface area contributed by atoms with Gasteiger partial charge in [-0.05, 0) is 55.2 Å². The number of nitriles is 1. The molecule has 6 rings (SSSR count). The van der Waals surface area contributed by atoms with E-state index in [0.717, 1.165) is 29.7 Å². The number of fused-ring (bicyclic) bond motifs is 2. The van der Waals surface area contributed by atoms with Crippen molar-refractivity contribution in [2.24, 2.45) is 0 Å². The Morgan fingerprint density at radius 3 is 2.86 bits per heavy atom.